The number of carbonyl (C=O) groups is 2. The zero-order valence-electron chi connectivity index (χ0n) is 10.1. The minimum Gasteiger partial charge on any atom is -0.543 e. The molecule has 0 spiro atoms. The van der Waals surface area contributed by atoms with Gasteiger partial charge in [0, 0.05) is 12.4 Å². The molecule has 1 aromatic rings. The molecule has 3 rings (SSSR count). The normalized spacial score (nSPS) is 22.4. The molecule has 0 bridgehead atoms. The molecular formula is C12H7N2NaO3S. The van der Waals surface area contributed by atoms with Crippen molar-refractivity contribution in [1.82, 2.24) is 9.88 Å². The van der Waals surface area contributed by atoms with E-state index in [1.54, 1.807) is 30.6 Å². The average molecular weight is 282 g/mol. The minimum absolute atomic E-state index is 0. The quantitative estimate of drug-likeness (QED) is 0.328. The van der Waals surface area contributed by atoms with Gasteiger partial charge in [-0.3, -0.25) is 14.7 Å². The molecule has 0 saturated carbocycles. The van der Waals surface area contributed by atoms with Crippen LogP contribution in [0.2, 0.25) is 0 Å². The molecule has 2 aliphatic rings. The summed E-state index contributed by atoms with van der Waals surface area (Å²) in [7, 11) is 0. The molecule has 1 atom stereocenters. The summed E-state index contributed by atoms with van der Waals surface area (Å²) in [5.41, 5.74) is 1.41. The van der Waals surface area contributed by atoms with Crippen LogP contribution < -0.4 is 34.7 Å². The second kappa shape index (κ2) is 5.50. The van der Waals surface area contributed by atoms with Crippen molar-refractivity contribution in [3.05, 3.63) is 46.8 Å². The van der Waals surface area contributed by atoms with Crippen LogP contribution in [0.4, 0.5) is 0 Å². The Morgan fingerprint density at radius 1 is 1.42 bits per heavy atom. The second-order valence-corrected chi connectivity index (χ2v) is 4.79. The van der Waals surface area contributed by atoms with Gasteiger partial charge in [0.2, 0.25) is 0 Å². The molecular weight excluding hydrogens is 275 g/mol. The van der Waals surface area contributed by atoms with Gasteiger partial charge in [0.25, 0.3) is 5.91 Å². The Morgan fingerprint density at radius 3 is 2.74 bits per heavy atom. The molecule has 5 nitrogen and oxygen atoms in total. The summed E-state index contributed by atoms with van der Waals surface area (Å²) < 4.78 is 0. The van der Waals surface area contributed by atoms with E-state index in [0.29, 0.717) is 5.57 Å². The van der Waals surface area contributed by atoms with Crippen molar-refractivity contribution >= 4 is 29.7 Å². The van der Waals surface area contributed by atoms with Crippen molar-refractivity contribution in [3.8, 4) is 0 Å². The summed E-state index contributed by atoms with van der Waals surface area (Å²) in [6, 6.07) is 3.57. The molecule has 0 unspecified atom stereocenters. The summed E-state index contributed by atoms with van der Waals surface area (Å²) in [5.74, 6) is -1.60. The molecule has 90 valence electrons. The van der Waals surface area contributed by atoms with Crippen LogP contribution in [0, 0.1) is 0 Å². The summed E-state index contributed by atoms with van der Waals surface area (Å²) in [6.45, 7) is 0. The van der Waals surface area contributed by atoms with Gasteiger partial charge >= 0.3 is 29.6 Å². The van der Waals surface area contributed by atoms with Gasteiger partial charge in [-0.15, -0.1) is 11.8 Å². The third-order valence-corrected chi connectivity index (χ3v) is 3.85. The number of carbonyl (C=O) groups excluding carboxylic acids is 2. The van der Waals surface area contributed by atoms with Gasteiger partial charge in [0.15, 0.2) is 0 Å². The Labute approximate surface area is 135 Å². The van der Waals surface area contributed by atoms with E-state index >= 15 is 0 Å². The zero-order chi connectivity index (χ0) is 12.7. The van der Waals surface area contributed by atoms with E-state index in [-0.39, 0.29) is 46.5 Å². The van der Waals surface area contributed by atoms with Gasteiger partial charge in [0.05, 0.1) is 17.2 Å². The summed E-state index contributed by atoms with van der Waals surface area (Å²) in [5, 5.41) is 12.0. The first kappa shape index (κ1) is 14.3. The third-order valence-electron chi connectivity index (χ3n) is 2.77. The molecule has 7 heteroatoms. The topological polar surface area (TPSA) is 73.3 Å². The van der Waals surface area contributed by atoms with Crippen molar-refractivity contribution in [2.24, 2.45) is 0 Å². The predicted molar refractivity (Wildman–Crippen MR) is 63.5 cm³/mol. The fourth-order valence-corrected chi connectivity index (χ4v) is 3.01. The largest absolute Gasteiger partial charge is 1.00 e. The van der Waals surface area contributed by atoms with E-state index in [2.05, 4.69) is 4.98 Å². The van der Waals surface area contributed by atoms with E-state index in [1.807, 2.05) is 0 Å². The molecule has 19 heavy (non-hydrogen) atoms. The maximum Gasteiger partial charge on any atom is 1.00 e. The number of hydrogen-bond donors (Lipinski definition) is 0. The van der Waals surface area contributed by atoms with Gasteiger partial charge in [-0.1, -0.05) is 0 Å². The Bertz CT molecular complexity index is 600. The summed E-state index contributed by atoms with van der Waals surface area (Å²) in [4.78, 5) is 27.8. The maximum absolute atomic E-state index is 11.9. The fraction of sp³-hybridized carbons (Fsp3) is 0.0833. The molecule has 0 radical (unpaired) electrons. The van der Waals surface area contributed by atoms with Crippen LogP contribution in [0.1, 0.15) is 5.56 Å². The number of hydrogen-bond acceptors (Lipinski definition) is 5. The first-order valence-electron chi connectivity index (χ1n) is 5.20. The van der Waals surface area contributed by atoms with Gasteiger partial charge in [-0.25, -0.2) is 0 Å². The molecule has 1 saturated heterocycles. The van der Waals surface area contributed by atoms with Crippen LogP contribution in [0.5, 0.6) is 0 Å². The molecule has 1 aromatic heterocycles. The molecule has 3 heterocycles. The Balaban J connectivity index is 0.00000133. The van der Waals surface area contributed by atoms with Crippen molar-refractivity contribution < 1.29 is 44.3 Å². The van der Waals surface area contributed by atoms with E-state index in [1.165, 1.54) is 22.1 Å². The second-order valence-electron chi connectivity index (χ2n) is 3.83. The number of carboxylic acid groups (broad SMARTS) is 1. The van der Waals surface area contributed by atoms with E-state index in [0.717, 1.165) is 5.56 Å². The molecule has 0 aromatic carbocycles. The zero-order valence-corrected chi connectivity index (χ0v) is 12.9. The van der Waals surface area contributed by atoms with E-state index in [9.17, 15) is 14.7 Å². The van der Waals surface area contributed by atoms with Gasteiger partial charge < -0.3 is 9.90 Å². The Hall–Kier alpha value is -1.08. The molecule has 1 fully saturated rings. The van der Waals surface area contributed by atoms with E-state index in [4.69, 9.17) is 0 Å². The SMILES string of the molecule is O=C([O-])C1=CS[C@@H]2C(=Cc3ccncc3)C(=O)N12.[Na+]. The van der Waals surface area contributed by atoms with Crippen molar-refractivity contribution in [2.75, 3.05) is 0 Å². The molecule has 0 N–H and O–H groups in total. The van der Waals surface area contributed by atoms with Crippen molar-refractivity contribution in [1.29, 1.82) is 0 Å². The van der Waals surface area contributed by atoms with Gasteiger partial charge in [-0.2, -0.15) is 0 Å². The first-order valence-corrected chi connectivity index (χ1v) is 6.15. The van der Waals surface area contributed by atoms with Gasteiger partial charge in [0.1, 0.15) is 5.37 Å². The third kappa shape index (κ3) is 2.36. The number of aliphatic carboxylic acids is 1. The number of carboxylic acids is 1. The molecule has 1 amide bonds. The van der Waals surface area contributed by atoms with Crippen LogP contribution in [-0.2, 0) is 9.59 Å². The number of β-lactam (4-membered cyclic amide) rings is 1. The smallest absolute Gasteiger partial charge is 0.543 e. The molecule has 0 aliphatic carbocycles. The Morgan fingerprint density at radius 2 is 2.11 bits per heavy atom. The van der Waals surface area contributed by atoms with Crippen LogP contribution in [0.15, 0.2) is 41.2 Å². The van der Waals surface area contributed by atoms with Crippen LogP contribution >= 0.6 is 11.8 Å². The van der Waals surface area contributed by atoms with Crippen LogP contribution in [0.25, 0.3) is 6.08 Å². The number of fused-ring (bicyclic) bond motifs is 1. The van der Waals surface area contributed by atoms with Crippen molar-refractivity contribution in [2.45, 2.75) is 5.37 Å². The fourth-order valence-electron chi connectivity index (χ4n) is 1.90. The number of pyridine rings is 1. The molecule has 2 aliphatic heterocycles. The summed E-state index contributed by atoms with van der Waals surface area (Å²) in [6.07, 6.45) is 5.03. The van der Waals surface area contributed by atoms with Gasteiger partial charge in [-0.05, 0) is 29.2 Å². The maximum atomic E-state index is 11.9. The number of rotatable bonds is 2. The standard InChI is InChI=1S/C12H8N2O3S.Na/c15-10-8(5-7-1-3-13-4-2-7)11-14(10)9(6-18-11)12(16)17;/h1-6,11H,(H,16,17);/q;+1/p-1/t11-;/m1./s1. The average Bonchev–Trinajstić information content (AvgIpc) is 2.77. The Kier molecular flexibility index (Phi) is 4.15. The number of nitrogens with zero attached hydrogens (tertiary/aromatic N) is 2. The summed E-state index contributed by atoms with van der Waals surface area (Å²) >= 11 is 1.30. The number of aromatic nitrogens is 1. The van der Waals surface area contributed by atoms with Crippen LogP contribution in [0.3, 0.4) is 0 Å². The van der Waals surface area contributed by atoms with Crippen molar-refractivity contribution in [3.63, 3.8) is 0 Å². The predicted octanol–water partition coefficient (Wildman–Crippen LogP) is -3.02. The minimum atomic E-state index is -1.32. The van der Waals surface area contributed by atoms with E-state index < -0.39 is 5.97 Å². The van der Waals surface area contributed by atoms with Crippen LogP contribution in [-0.4, -0.2) is 27.1 Å². The monoisotopic (exact) mass is 282 g/mol. The first-order chi connectivity index (χ1) is 8.68. The number of amides is 1. The number of thioether (sulfide) groups is 1.